The zero-order valence-corrected chi connectivity index (χ0v) is 14.8. The number of aliphatic carboxylic acids is 1. The van der Waals surface area contributed by atoms with E-state index < -0.39 is 17.5 Å². The van der Waals surface area contributed by atoms with Crippen LogP contribution in [0.4, 0.5) is 5.82 Å². The SMILES string of the molecule is O=C(O)[C@@]1(Cc2ccccc2)CN(c2ccc3c(n2)CCC3)CC[C@@H]1O. The van der Waals surface area contributed by atoms with Gasteiger partial charge >= 0.3 is 5.97 Å². The number of piperidine rings is 1. The fourth-order valence-electron chi connectivity index (χ4n) is 4.28. The molecule has 0 saturated carbocycles. The second-order valence-electron chi connectivity index (χ2n) is 7.48. The minimum atomic E-state index is -1.22. The average molecular weight is 352 g/mol. The quantitative estimate of drug-likeness (QED) is 0.884. The van der Waals surface area contributed by atoms with Gasteiger partial charge in [-0.25, -0.2) is 4.98 Å². The molecule has 2 N–H and O–H groups in total. The highest BCUT2D eigenvalue weighted by molar-refractivity contribution is 5.77. The number of anilines is 1. The minimum absolute atomic E-state index is 0.268. The highest BCUT2D eigenvalue weighted by Crippen LogP contribution is 2.36. The third-order valence-corrected chi connectivity index (χ3v) is 5.81. The van der Waals surface area contributed by atoms with Crippen LogP contribution in [-0.2, 0) is 24.1 Å². The first-order valence-corrected chi connectivity index (χ1v) is 9.28. The highest BCUT2D eigenvalue weighted by Gasteiger charge is 2.49. The van der Waals surface area contributed by atoms with E-state index >= 15 is 0 Å². The fraction of sp³-hybridized carbons (Fsp3) is 0.429. The molecule has 1 aromatic carbocycles. The molecule has 1 aliphatic carbocycles. The number of rotatable bonds is 4. The van der Waals surface area contributed by atoms with Gasteiger partial charge in [-0.05, 0) is 49.3 Å². The normalized spacial score (nSPS) is 25.1. The standard InChI is InChI=1S/C21H24N2O3/c24-18-11-12-23(19-10-9-16-7-4-8-17(16)22-19)14-21(18,20(25)26)13-15-5-2-1-3-6-15/h1-3,5-6,9-10,18,24H,4,7-8,11-14H2,(H,25,26)/t18-,21-/m0/s1. The smallest absolute Gasteiger partial charge is 0.314 e. The average Bonchev–Trinajstić information content (AvgIpc) is 3.12. The van der Waals surface area contributed by atoms with Gasteiger partial charge < -0.3 is 15.1 Å². The van der Waals surface area contributed by atoms with E-state index in [-0.39, 0.29) is 6.54 Å². The Morgan fingerprint density at radius 2 is 2.00 bits per heavy atom. The van der Waals surface area contributed by atoms with E-state index in [0.29, 0.717) is 19.4 Å². The van der Waals surface area contributed by atoms with Crippen molar-refractivity contribution in [3.05, 3.63) is 59.3 Å². The van der Waals surface area contributed by atoms with E-state index in [1.54, 1.807) is 0 Å². The number of carbonyl (C=O) groups is 1. The van der Waals surface area contributed by atoms with Gasteiger partial charge in [-0.15, -0.1) is 0 Å². The summed E-state index contributed by atoms with van der Waals surface area (Å²) in [5, 5.41) is 20.7. The summed E-state index contributed by atoms with van der Waals surface area (Å²) in [6.07, 6.45) is 3.08. The molecule has 2 aromatic rings. The van der Waals surface area contributed by atoms with Crippen LogP contribution in [0.5, 0.6) is 0 Å². The summed E-state index contributed by atoms with van der Waals surface area (Å²) in [5.41, 5.74) is 2.15. The van der Waals surface area contributed by atoms with Crippen molar-refractivity contribution in [3.8, 4) is 0 Å². The van der Waals surface area contributed by atoms with Gasteiger partial charge in [0.25, 0.3) is 0 Å². The van der Waals surface area contributed by atoms with Crippen molar-refractivity contribution in [3.63, 3.8) is 0 Å². The summed E-state index contributed by atoms with van der Waals surface area (Å²) in [5.74, 6) is -0.115. The summed E-state index contributed by atoms with van der Waals surface area (Å²) in [7, 11) is 0. The lowest BCUT2D eigenvalue weighted by molar-refractivity contribution is -0.157. The van der Waals surface area contributed by atoms with Crippen LogP contribution in [0.1, 0.15) is 29.7 Å². The predicted octanol–water partition coefficient (Wildman–Crippen LogP) is 2.46. The molecule has 1 fully saturated rings. The van der Waals surface area contributed by atoms with Crippen LogP contribution >= 0.6 is 0 Å². The van der Waals surface area contributed by atoms with E-state index in [4.69, 9.17) is 4.98 Å². The fourth-order valence-corrected chi connectivity index (χ4v) is 4.28. The largest absolute Gasteiger partial charge is 0.481 e. The van der Waals surface area contributed by atoms with E-state index in [1.165, 1.54) is 5.56 Å². The monoisotopic (exact) mass is 352 g/mol. The lowest BCUT2D eigenvalue weighted by atomic mass is 9.73. The number of hydrogen-bond acceptors (Lipinski definition) is 4. The van der Waals surface area contributed by atoms with Crippen LogP contribution < -0.4 is 4.90 Å². The molecule has 2 aliphatic rings. The van der Waals surface area contributed by atoms with Gasteiger partial charge in [-0.1, -0.05) is 36.4 Å². The first-order valence-electron chi connectivity index (χ1n) is 9.28. The predicted molar refractivity (Wildman–Crippen MR) is 99.3 cm³/mol. The number of fused-ring (bicyclic) bond motifs is 1. The van der Waals surface area contributed by atoms with E-state index in [1.807, 2.05) is 41.3 Å². The summed E-state index contributed by atoms with van der Waals surface area (Å²) in [6, 6.07) is 13.7. The maximum absolute atomic E-state index is 12.2. The van der Waals surface area contributed by atoms with Crippen molar-refractivity contribution in [1.29, 1.82) is 0 Å². The summed E-state index contributed by atoms with van der Waals surface area (Å²) in [4.78, 5) is 19.1. The molecular weight excluding hydrogens is 328 g/mol. The lowest BCUT2D eigenvalue weighted by Crippen LogP contribution is -2.57. The maximum atomic E-state index is 12.2. The van der Waals surface area contributed by atoms with Crippen LogP contribution in [0, 0.1) is 5.41 Å². The van der Waals surface area contributed by atoms with Gasteiger partial charge in [0.05, 0.1) is 6.10 Å². The molecule has 5 heteroatoms. The van der Waals surface area contributed by atoms with E-state index in [9.17, 15) is 15.0 Å². The van der Waals surface area contributed by atoms with Crippen molar-refractivity contribution in [2.75, 3.05) is 18.0 Å². The molecule has 1 aromatic heterocycles. The Bertz CT molecular complexity index is 808. The zero-order chi connectivity index (χ0) is 18.1. The van der Waals surface area contributed by atoms with Gasteiger partial charge in [0.2, 0.25) is 0 Å². The molecule has 136 valence electrons. The van der Waals surface area contributed by atoms with Crippen LogP contribution in [0.15, 0.2) is 42.5 Å². The number of carboxylic acids is 1. The molecular formula is C21H24N2O3. The topological polar surface area (TPSA) is 73.7 Å². The van der Waals surface area contributed by atoms with Crippen molar-refractivity contribution in [1.82, 2.24) is 4.98 Å². The van der Waals surface area contributed by atoms with Crippen LogP contribution in [0.3, 0.4) is 0 Å². The first kappa shape index (κ1) is 17.0. The second kappa shape index (κ2) is 6.72. The number of aromatic nitrogens is 1. The van der Waals surface area contributed by atoms with Crippen molar-refractivity contribution < 1.29 is 15.0 Å². The number of benzene rings is 1. The Hall–Kier alpha value is -2.40. The summed E-state index contributed by atoms with van der Waals surface area (Å²) >= 11 is 0. The van der Waals surface area contributed by atoms with Crippen LogP contribution in [0.25, 0.3) is 0 Å². The molecule has 0 unspecified atom stereocenters. The molecule has 1 saturated heterocycles. The second-order valence-corrected chi connectivity index (χ2v) is 7.48. The minimum Gasteiger partial charge on any atom is -0.481 e. The van der Waals surface area contributed by atoms with Crippen molar-refractivity contribution in [2.24, 2.45) is 5.41 Å². The van der Waals surface area contributed by atoms with Gasteiger partial charge in [0.1, 0.15) is 11.2 Å². The van der Waals surface area contributed by atoms with Gasteiger partial charge in [-0.3, -0.25) is 4.79 Å². The van der Waals surface area contributed by atoms with Crippen molar-refractivity contribution >= 4 is 11.8 Å². The van der Waals surface area contributed by atoms with Crippen LogP contribution in [0.2, 0.25) is 0 Å². The summed E-state index contributed by atoms with van der Waals surface area (Å²) in [6.45, 7) is 0.890. The van der Waals surface area contributed by atoms with Crippen LogP contribution in [-0.4, -0.2) is 40.4 Å². The Kier molecular flexibility index (Phi) is 4.41. The molecule has 0 bridgehead atoms. The lowest BCUT2D eigenvalue weighted by Gasteiger charge is -2.44. The van der Waals surface area contributed by atoms with E-state index in [0.717, 1.165) is 36.3 Å². The Morgan fingerprint density at radius 1 is 1.19 bits per heavy atom. The van der Waals surface area contributed by atoms with Gasteiger partial charge in [0, 0.05) is 18.8 Å². The van der Waals surface area contributed by atoms with Gasteiger partial charge in [-0.2, -0.15) is 0 Å². The molecule has 26 heavy (non-hydrogen) atoms. The Morgan fingerprint density at radius 3 is 2.77 bits per heavy atom. The molecule has 1 aliphatic heterocycles. The first-order chi connectivity index (χ1) is 12.6. The molecule has 5 nitrogen and oxygen atoms in total. The molecule has 0 spiro atoms. The number of aryl methyl sites for hydroxylation is 2. The summed E-state index contributed by atoms with van der Waals surface area (Å²) < 4.78 is 0. The third kappa shape index (κ3) is 2.97. The number of aliphatic hydroxyl groups excluding tert-OH is 1. The Balaban J connectivity index is 1.64. The number of pyridine rings is 1. The zero-order valence-electron chi connectivity index (χ0n) is 14.8. The molecule has 0 amide bonds. The molecule has 2 atom stereocenters. The highest BCUT2D eigenvalue weighted by atomic mass is 16.4. The number of aliphatic hydroxyl groups is 1. The van der Waals surface area contributed by atoms with Crippen molar-refractivity contribution in [2.45, 2.75) is 38.2 Å². The third-order valence-electron chi connectivity index (χ3n) is 5.81. The maximum Gasteiger partial charge on any atom is 0.314 e. The molecule has 2 heterocycles. The van der Waals surface area contributed by atoms with Gasteiger partial charge in [0.15, 0.2) is 0 Å². The van der Waals surface area contributed by atoms with E-state index in [2.05, 4.69) is 6.07 Å². The number of carboxylic acid groups (broad SMARTS) is 1. The molecule has 4 rings (SSSR count). The molecule has 0 radical (unpaired) electrons. The Labute approximate surface area is 153 Å². The number of nitrogens with zero attached hydrogens (tertiary/aromatic N) is 2. The number of hydrogen-bond donors (Lipinski definition) is 2.